The molecule has 0 radical (unpaired) electrons. The van der Waals surface area contributed by atoms with E-state index < -0.39 is 6.04 Å². The number of amides is 1. The van der Waals surface area contributed by atoms with E-state index in [0.29, 0.717) is 18.3 Å². The second-order valence-corrected chi connectivity index (χ2v) is 9.91. The average molecular weight is 505 g/mol. The van der Waals surface area contributed by atoms with E-state index in [2.05, 4.69) is 36.1 Å². The number of rotatable bonds is 9. The van der Waals surface area contributed by atoms with Crippen LogP contribution in [0.2, 0.25) is 0 Å². The average Bonchev–Trinajstić information content (AvgIpc) is 3.60. The number of nitrogens with one attached hydrogen (secondary N) is 2. The lowest BCUT2D eigenvalue weighted by molar-refractivity contribution is 0.0915. The van der Waals surface area contributed by atoms with Crippen molar-refractivity contribution in [2.24, 2.45) is 5.41 Å². The van der Waals surface area contributed by atoms with E-state index in [-0.39, 0.29) is 29.6 Å². The van der Waals surface area contributed by atoms with Gasteiger partial charge in [-0.05, 0) is 50.2 Å². The summed E-state index contributed by atoms with van der Waals surface area (Å²) in [5, 5.41) is 13.1. The minimum atomic E-state index is -0.398. The number of terminal acetylenes is 1. The summed E-state index contributed by atoms with van der Waals surface area (Å²) in [6.45, 7) is 3.37. The fourth-order valence-electron chi connectivity index (χ4n) is 4.75. The Bertz CT molecular complexity index is 1320. The van der Waals surface area contributed by atoms with Crippen LogP contribution in [0.25, 0.3) is 11.0 Å². The number of methoxy groups -OCH3 is 1. The van der Waals surface area contributed by atoms with Crippen molar-refractivity contribution in [3.05, 3.63) is 35.8 Å². The third kappa shape index (κ3) is 5.18. The van der Waals surface area contributed by atoms with Crippen LogP contribution in [0.3, 0.4) is 0 Å². The number of piperidine rings is 1. The number of pyridine rings is 1. The van der Waals surface area contributed by atoms with Gasteiger partial charge in [0.05, 0.1) is 24.5 Å². The van der Waals surface area contributed by atoms with Gasteiger partial charge in [-0.15, -0.1) is 6.42 Å². The summed E-state index contributed by atoms with van der Waals surface area (Å²) < 4.78 is 11.5. The molecule has 0 bridgehead atoms. The number of aromatic nitrogens is 4. The van der Waals surface area contributed by atoms with Crippen molar-refractivity contribution in [2.45, 2.75) is 44.6 Å². The molecule has 3 aromatic heterocycles. The maximum atomic E-state index is 12.8. The Balaban J connectivity index is 1.35. The largest absolute Gasteiger partial charge is 0.496 e. The number of nitrogens with zero attached hydrogens (tertiary/aromatic N) is 4. The molecule has 194 valence electrons. The van der Waals surface area contributed by atoms with Gasteiger partial charge in [-0.3, -0.25) is 4.79 Å². The Morgan fingerprint density at radius 3 is 2.84 bits per heavy atom. The number of fused-ring (bicyclic) bond motifs is 1. The molecular formula is C27H32N6O4. The van der Waals surface area contributed by atoms with E-state index >= 15 is 0 Å². The molecule has 1 atom stereocenters. The van der Waals surface area contributed by atoms with E-state index in [1.807, 2.05) is 12.3 Å². The number of ether oxygens (including phenoxy) is 2. The van der Waals surface area contributed by atoms with E-state index in [0.717, 1.165) is 55.6 Å². The summed E-state index contributed by atoms with van der Waals surface area (Å²) >= 11 is 0. The summed E-state index contributed by atoms with van der Waals surface area (Å²) in [5.74, 6) is 4.19. The summed E-state index contributed by atoms with van der Waals surface area (Å²) in [6.07, 6.45) is 13.0. The molecule has 1 aliphatic heterocycles. The van der Waals surface area contributed by atoms with Crippen LogP contribution in [0.4, 0.5) is 5.82 Å². The molecular weight excluding hydrogens is 472 g/mol. The second-order valence-electron chi connectivity index (χ2n) is 9.91. The fraction of sp³-hybridized carbons (Fsp3) is 0.481. The highest BCUT2D eigenvalue weighted by molar-refractivity contribution is 5.93. The third-order valence-electron chi connectivity index (χ3n) is 7.26. The Hall–Kier alpha value is -3.84. The summed E-state index contributed by atoms with van der Waals surface area (Å²) in [6, 6.07) is 3.30. The Labute approximate surface area is 215 Å². The van der Waals surface area contributed by atoms with E-state index in [4.69, 9.17) is 15.9 Å². The minimum absolute atomic E-state index is 0.135. The summed E-state index contributed by atoms with van der Waals surface area (Å²) in [7, 11) is 1.67. The van der Waals surface area contributed by atoms with Crippen LogP contribution in [0.15, 0.2) is 24.5 Å². The standard InChI is InChI=1S/C27H32N6O4/c1-4-27(8-9-27)16-37-26-31-20(25(35)30-17(2)15-34)13-22(32-26)33-11-6-18(7-12-33)19-14-29-24-23(19)21(36-3)5-10-28-24/h1,5,10,13-14,17-18,34H,6-9,11-12,15-16H2,2-3H3,(H,28,29)(H,30,35)/t17-/m1/s1. The maximum absolute atomic E-state index is 12.8. The van der Waals surface area contributed by atoms with Crippen molar-refractivity contribution in [2.75, 3.05) is 38.3 Å². The van der Waals surface area contributed by atoms with Gasteiger partial charge < -0.3 is 29.8 Å². The van der Waals surface area contributed by atoms with E-state index in [1.54, 1.807) is 26.3 Å². The zero-order valence-electron chi connectivity index (χ0n) is 21.2. The molecule has 10 nitrogen and oxygen atoms in total. The molecule has 5 rings (SSSR count). The van der Waals surface area contributed by atoms with Gasteiger partial charge in [-0.1, -0.05) is 5.92 Å². The fourth-order valence-corrected chi connectivity index (χ4v) is 4.75. The molecule has 3 N–H and O–H groups in total. The quantitative estimate of drug-likeness (QED) is 0.380. The number of aromatic amines is 1. The van der Waals surface area contributed by atoms with Gasteiger partial charge in [0.15, 0.2) is 0 Å². The highest BCUT2D eigenvalue weighted by Gasteiger charge is 2.42. The van der Waals surface area contributed by atoms with E-state index in [1.165, 1.54) is 5.56 Å². The van der Waals surface area contributed by atoms with Crippen LogP contribution in [-0.4, -0.2) is 70.4 Å². The molecule has 2 fully saturated rings. The maximum Gasteiger partial charge on any atom is 0.319 e. The van der Waals surface area contributed by atoms with Crippen LogP contribution in [0.1, 0.15) is 54.6 Å². The van der Waals surface area contributed by atoms with Gasteiger partial charge >= 0.3 is 6.01 Å². The lowest BCUT2D eigenvalue weighted by Gasteiger charge is -2.33. The smallest absolute Gasteiger partial charge is 0.319 e. The van der Waals surface area contributed by atoms with Gasteiger partial charge in [-0.25, -0.2) is 4.98 Å². The van der Waals surface area contributed by atoms with Crippen molar-refractivity contribution in [3.8, 4) is 24.1 Å². The van der Waals surface area contributed by atoms with Crippen molar-refractivity contribution < 1.29 is 19.4 Å². The highest BCUT2D eigenvalue weighted by Crippen LogP contribution is 2.45. The first kappa shape index (κ1) is 24.8. The molecule has 3 aromatic rings. The number of carbonyl (C=O) groups is 1. The summed E-state index contributed by atoms with van der Waals surface area (Å²) in [4.78, 5) is 31.6. The van der Waals surface area contributed by atoms with Gasteiger partial charge in [-0.2, -0.15) is 9.97 Å². The number of anilines is 1. The molecule has 1 saturated heterocycles. The van der Waals surface area contributed by atoms with Crippen LogP contribution in [-0.2, 0) is 0 Å². The summed E-state index contributed by atoms with van der Waals surface area (Å²) in [5.41, 5.74) is 1.96. The highest BCUT2D eigenvalue weighted by atomic mass is 16.5. The molecule has 1 aliphatic carbocycles. The number of aliphatic hydroxyl groups is 1. The lowest BCUT2D eigenvalue weighted by atomic mass is 9.89. The van der Waals surface area contributed by atoms with Crippen molar-refractivity contribution >= 4 is 22.8 Å². The monoisotopic (exact) mass is 504 g/mol. The van der Waals surface area contributed by atoms with Crippen LogP contribution < -0.4 is 19.7 Å². The first-order valence-corrected chi connectivity index (χ1v) is 12.6. The minimum Gasteiger partial charge on any atom is -0.496 e. The molecule has 0 aromatic carbocycles. The normalized spacial score (nSPS) is 17.7. The lowest BCUT2D eigenvalue weighted by Crippen LogP contribution is -2.36. The first-order valence-electron chi connectivity index (χ1n) is 12.6. The van der Waals surface area contributed by atoms with Gasteiger partial charge in [0.25, 0.3) is 5.91 Å². The van der Waals surface area contributed by atoms with Crippen LogP contribution in [0.5, 0.6) is 11.8 Å². The Kier molecular flexibility index (Phi) is 6.89. The third-order valence-corrected chi connectivity index (χ3v) is 7.26. The molecule has 1 saturated carbocycles. The molecule has 0 spiro atoms. The van der Waals surface area contributed by atoms with Crippen molar-refractivity contribution in [3.63, 3.8) is 0 Å². The molecule has 0 unspecified atom stereocenters. The van der Waals surface area contributed by atoms with Crippen molar-refractivity contribution in [1.29, 1.82) is 0 Å². The predicted octanol–water partition coefficient (Wildman–Crippen LogP) is 2.65. The predicted molar refractivity (Wildman–Crippen MR) is 139 cm³/mol. The van der Waals surface area contributed by atoms with Gasteiger partial charge in [0.1, 0.15) is 29.5 Å². The second kappa shape index (κ2) is 10.3. The zero-order chi connectivity index (χ0) is 26.0. The van der Waals surface area contributed by atoms with E-state index in [9.17, 15) is 9.90 Å². The van der Waals surface area contributed by atoms with Crippen molar-refractivity contribution in [1.82, 2.24) is 25.3 Å². The first-order chi connectivity index (χ1) is 17.9. The molecule has 2 aliphatic rings. The molecule has 4 heterocycles. The van der Waals surface area contributed by atoms with Crippen LogP contribution >= 0.6 is 0 Å². The zero-order valence-corrected chi connectivity index (χ0v) is 21.2. The van der Waals surface area contributed by atoms with Gasteiger partial charge in [0.2, 0.25) is 0 Å². The number of hydrogen-bond acceptors (Lipinski definition) is 8. The molecule has 10 heteroatoms. The topological polar surface area (TPSA) is 125 Å². The molecule has 37 heavy (non-hydrogen) atoms. The Morgan fingerprint density at radius 2 is 2.16 bits per heavy atom. The Morgan fingerprint density at radius 1 is 1.38 bits per heavy atom. The SMILES string of the molecule is C#CC1(COc2nc(C(=O)N[C@H](C)CO)cc(N3CCC(c4c[nH]c5nccc(OC)c45)CC3)n2)CC1. The molecule has 1 amide bonds. The number of H-pyrrole nitrogens is 1. The number of hydrogen-bond donors (Lipinski definition) is 3. The number of carbonyl (C=O) groups excluding carboxylic acids is 1. The van der Waals surface area contributed by atoms with Crippen LogP contribution in [0, 0.1) is 17.8 Å². The number of aliphatic hydroxyl groups excluding tert-OH is 1. The van der Waals surface area contributed by atoms with Gasteiger partial charge in [0, 0.05) is 37.6 Å².